The van der Waals surface area contributed by atoms with Gasteiger partial charge in [-0.2, -0.15) is 0 Å². The Morgan fingerprint density at radius 2 is 1.66 bits per heavy atom. The zero-order valence-electron chi connectivity index (χ0n) is 18.7. The van der Waals surface area contributed by atoms with E-state index in [1.807, 2.05) is 47.4 Å². The number of rotatable bonds is 6. The standard InChI is InChI=1S/C27H32N2O3/c30-25(28-15-4-5-16-28)22-9-6-12-24(18-22)32-20-21-8-7-17-29(19-21)26(31)27(13-14-27)23-10-2-1-3-11-23/h1-3,6,9-12,18,21H,4-5,7-8,13-17,19-20H2/t21-/m0/s1. The normalized spacial score (nSPS) is 21.9. The van der Waals surface area contributed by atoms with Crippen molar-refractivity contribution < 1.29 is 14.3 Å². The van der Waals surface area contributed by atoms with Crippen molar-refractivity contribution in [1.82, 2.24) is 9.80 Å². The van der Waals surface area contributed by atoms with E-state index in [2.05, 4.69) is 17.0 Å². The zero-order chi connectivity index (χ0) is 22.0. The molecule has 1 atom stereocenters. The Morgan fingerprint density at radius 3 is 2.41 bits per heavy atom. The average molecular weight is 433 g/mol. The summed E-state index contributed by atoms with van der Waals surface area (Å²) >= 11 is 0. The SMILES string of the molecule is O=C(c1cccc(OC[C@H]2CCCN(C(=O)C3(c4ccccc4)CC3)C2)c1)N1CCCC1. The van der Waals surface area contributed by atoms with Crippen molar-refractivity contribution in [3.63, 3.8) is 0 Å². The number of piperidine rings is 1. The molecule has 2 aromatic rings. The van der Waals surface area contributed by atoms with Gasteiger partial charge in [0, 0.05) is 37.7 Å². The fraction of sp³-hybridized carbons (Fsp3) is 0.481. The number of nitrogens with zero attached hydrogens (tertiary/aromatic N) is 2. The number of hydrogen-bond donors (Lipinski definition) is 0. The number of amides is 2. The molecule has 3 aliphatic rings. The first-order chi connectivity index (χ1) is 15.7. The Balaban J connectivity index is 1.19. The highest BCUT2D eigenvalue weighted by Gasteiger charge is 2.53. The predicted octanol–water partition coefficient (Wildman–Crippen LogP) is 4.27. The lowest BCUT2D eigenvalue weighted by molar-refractivity contribution is -0.136. The smallest absolute Gasteiger partial charge is 0.253 e. The molecule has 1 saturated carbocycles. The highest BCUT2D eigenvalue weighted by molar-refractivity contribution is 5.94. The molecule has 5 heteroatoms. The van der Waals surface area contributed by atoms with Crippen molar-refractivity contribution in [3.05, 3.63) is 65.7 Å². The molecule has 2 saturated heterocycles. The van der Waals surface area contributed by atoms with Gasteiger partial charge in [-0.15, -0.1) is 0 Å². The summed E-state index contributed by atoms with van der Waals surface area (Å²) in [6.45, 7) is 3.85. The molecule has 1 aliphatic carbocycles. The van der Waals surface area contributed by atoms with Gasteiger partial charge in [-0.3, -0.25) is 9.59 Å². The van der Waals surface area contributed by atoms with Crippen LogP contribution in [0.1, 0.15) is 54.4 Å². The monoisotopic (exact) mass is 432 g/mol. The predicted molar refractivity (Wildman–Crippen MR) is 124 cm³/mol. The van der Waals surface area contributed by atoms with Crippen molar-refractivity contribution in [2.24, 2.45) is 5.92 Å². The van der Waals surface area contributed by atoms with E-state index >= 15 is 0 Å². The molecule has 0 aromatic heterocycles. The van der Waals surface area contributed by atoms with Crippen molar-refractivity contribution in [2.45, 2.75) is 43.9 Å². The Morgan fingerprint density at radius 1 is 0.906 bits per heavy atom. The second-order valence-corrected chi connectivity index (χ2v) is 9.55. The third-order valence-electron chi connectivity index (χ3n) is 7.25. The summed E-state index contributed by atoms with van der Waals surface area (Å²) in [7, 11) is 0. The average Bonchev–Trinajstić information content (AvgIpc) is 3.48. The lowest BCUT2D eigenvalue weighted by Gasteiger charge is -2.35. The second-order valence-electron chi connectivity index (χ2n) is 9.55. The van der Waals surface area contributed by atoms with E-state index < -0.39 is 0 Å². The molecular formula is C27H32N2O3. The lowest BCUT2D eigenvalue weighted by Crippen LogP contribution is -2.46. The van der Waals surface area contributed by atoms with E-state index in [0.717, 1.165) is 76.0 Å². The fourth-order valence-corrected chi connectivity index (χ4v) is 5.23. The Labute approximate surface area is 190 Å². The molecule has 32 heavy (non-hydrogen) atoms. The molecular weight excluding hydrogens is 400 g/mol. The van der Waals surface area contributed by atoms with Crippen LogP contribution < -0.4 is 4.74 Å². The van der Waals surface area contributed by atoms with Gasteiger partial charge in [-0.05, 0) is 62.3 Å². The van der Waals surface area contributed by atoms with Crippen LogP contribution in [0.3, 0.4) is 0 Å². The lowest BCUT2D eigenvalue weighted by atomic mass is 9.91. The number of carbonyl (C=O) groups is 2. The molecule has 0 N–H and O–H groups in total. The van der Waals surface area contributed by atoms with E-state index in [1.54, 1.807) is 0 Å². The van der Waals surface area contributed by atoms with Crippen LogP contribution in [0.2, 0.25) is 0 Å². The highest BCUT2D eigenvalue weighted by atomic mass is 16.5. The molecule has 5 nitrogen and oxygen atoms in total. The Hall–Kier alpha value is -2.82. The summed E-state index contributed by atoms with van der Waals surface area (Å²) in [4.78, 5) is 30.0. The molecule has 0 spiro atoms. The van der Waals surface area contributed by atoms with E-state index in [4.69, 9.17) is 4.74 Å². The molecule has 0 bridgehead atoms. The maximum absolute atomic E-state index is 13.4. The van der Waals surface area contributed by atoms with Gasteiger partial charge < -0.3 is 14.5 Å². The van der Waals surface area contributed by atoms with Crippen molar-refractivity contribution >= 4 is 11.8 Å². The number of ether oxygens (including phenoxy) is 1. The fourth-order valence-electron chi connectivity index (χ4n) is 5.23. The minimum absolute atomic E-state index is 0.0954. The van der Waals surface area contributed by atoms with Gasteiger partial charge in [0.1, 0.15) is 5.75 Å². The number of likely N-dealkylation sites (tertiary alicyclic amines) is 2. The Kier molecular flexibility index (Phi) is 5.90. The summed E-state index contributed by atoms with van der Waals surface area (Å²) in [6.07, 6.45) is 6.15. The first kappa shape index (κ1) is 21.0. The van der Waals surface area contributed by atoms with Gasteiger partial charge in [0.25, 0.3) is 5.91 Å². The molecule has 5 rings (SSSR count). The highest BCUT2D eigenvalue weighted by Crippen LogP contribution is 2.50. The van der Waals surface area contributed by atoms with Gasteiger partial charge in [-0.25, -0.2) is 0 Å². The first-order valence-electron chi connectivity index (χ1n) is 12.0. The van der Waals surface area contributed by atoms with Crippen molar-refractivity contribution in [3.8, 4) is 5.75 Å². The summed E-state index contributed by atoms with van der Waals surface area (Å²) in [6, 6.07) is 17.8. The summed E-state index contributed by atoms with van der Waals surface area (Å²) in [5, 5.41) is 0. The first-order valence-corrected chi connectivity index (χ1v) is 12.0. The molecule has 0 radical (unpaired) electrons. The third kappa shape index (κ3) is 4.25. The summed E-state index contributed by atoms with van der Waals surface area (Å²) < 4.78 is 6.10. The van der Waals surface area contributed by atoms with Crippen LogP contribution in [0.5, 0.6) is 5.75 Å². The van der Waals surface area contributed by atoms with Crippen molar-refractivity contribution in [1.29, 1.82) is 0 Å². The van der Waals surface area contributed by atoms with Crippen molar-refractivity contribution in [2.75, 3.05) is 32.8 Å². The van der Waals surface area contributed by atoms with Crippen LogP contribution in [-0.4, -0.2) is 54.4 Å². The maximum atomic E-state index is 13.4. The van der Waals surface area contributed by atoms with Gasteiger partial charge in [0.05, 0.1) is 12.0 Å². The second kappa shape index (κ2) is 8.97. The van der Waals surface area contributed by atoms with Crippen LogP contribution in [0, 0.1) is 5.92 Å². The zero-order valence-corrected chi connectivity index (χ0v) is 18.7. The minimum Gasteiger partial charge on any atom is -0.493 e. The van der Waals surface area contributed by atoms with Gasteiger partial charge in [-0.1, -0.05) is 36.4 Å². The van der Waals surface area contributed by atoms with Crippen LogP contribution in [0.15, 0.2) is 54.6 Å². The summed E-state index contributed by atoms with van der Waals surface area (Å²) in [5.41, 5.74) is 1.56. The summed E-state index contributed by atoms with van der Waals surface area (Å²) in [5.74, 6) is 1.43. The van der Waals surface area contributed by atoms with E-state index in [9.17, 15) is 9.59 Å². The number of benzene rings is 2. The van der Waals surface area contributed by atoms with Crippen LogP contribution >= 0.6 is 0 Å². The van der Waals surface area contributed by atoms with Crippen LogP contribution in [0.4, 0.5) is 0 Å². The molecule has 2 heterocycles. The molecule has 3 fully saturated rings. The third-order valence-corrected chi connectivity index (χ3v) is 7.25. The van der Waals surface area contributed by atoms with Gasteiger partial charge in [0.15, 0.2) is 0 Å². The molecule has 2 aromatic carbocycles. The topological polar surface area (TPSA) is 49.9 Å². The molecule has 168 valence electrons. The molecule has 2 amide bonds. The van der Waals surface area contributed by atoms with Gasteiger partial charge >= 0.3 is 0 Å². The van der Waals surface area contributed by atoms with Crippen LogP contribution in [-0.2, 0) is 10.2 Å². The minimum atomic E-state index is -0.297. The van der Waals surface area contributed by atoms with Crippen LogP contribution in [0.25, 0.3) is 0 Å². The maximum Gasteiger partial charge on any atom is 0.253 e. The molecule has 2 aliphatic heterocycles. The molecule has 0 unspecified atom stereocenters. The Bertz CT molecular complexity index is 964. The van der Waals surface area contributed by atoms with E-state index in [1.165, 1.54) is 0 Å². The number of carbonyl (C=O) groups excluding carboxylic acids is 2. The quantitative estimate of drug-likeness (QED) is 0.685. The van der Waals surface area contributed by atoms with E-state index in [0.29, 0.717) is 18.1 Å². The van der Waals surface area contributed by atoms with E-state index in [-0.39, 0.29) is 17.2 Å². The van der Waals surface area contributed by atoms with Gasteiger partial charge in [0.2, 0.25) is 5.91 Å². The number of hydrogen-bond acceptors (Lipinski definition) is 3. The largest absolute Gasteiger partial charge is 0.493 e.